The Bertz CT molecular complexity index is 1160. The van der Waals surface area contributed by atoms with Gasteiger partial charge >= 0.3 is 6.09 Å². The number of aryl methyl sites for hydroxylation is 1. The third-order valence-corrected chi connectivity index (χ3v) is 5.88. The van der Waals surface area contributed by atoms with Gasteiger partial charge in [0, 0.05) is 25.2 Å². The molecule has 0 spiro atoms. The number of amides is 1. The van der Waals surface area contributed by atoms with E-state index >= 15 is 0 Å². The zero-order valence-corrected chi connectivity index (χ0v) is 19.9. The third kappa shape index (κ3) is 6.07. The quantitative estimate of drug-likeness (QED) is 0.286. The van der Waals surface area contributed by atoms with Crippen molar-refractivity contribution in [3.05, 3.63) is 89.8 Å². The fourth-order valence-electron chi connectivity index (χ4n) is 3.88. The number of allylic oxidation sites excluding steroid dienone is 1. The smallest absolute Gasteiger partial charge is 0.391 e. The second-order valence-electron chi connectivity index (χ2n) is 7.99. The molecule has 0 saturated carbocycles. The maximum absolute atomic E-state index is 11.2. The Morgan fingerprint density at radius 2 is 1.88 bits per heavy atom. The van der Waals surface area contributed by atoms with Crippen molar-refractivity contribution in [3.8, 4) is 11.3 Å². The molecule has 4 rings (SSSR count). The van der Waals surface area contributed by atoms with E-state index in [2.05, 4.69) is 57.5 Å². The third-order valence-electron chi connectivity index (χ3n) is 5.88. The van der Waals surface area contributed by atoms with Crippen LogP contribution in [0.1, 0.15) is 28.7 Å². The van der Waals surface area contributed by atoms with Crippen LogP contribution in [0, 0.1) is 18.3 Å². The first kappa shape index (κ1) is 24.6. The fourth-order valence-corrected chi connectivity index (χ4v) is 3.88. The van der Waals surface area contributed by atoms with Gasteiger partial charge in [0.1, 0.15) is 5.82 Å². The molecule has 34 heavy (non-hydrogen) atoms. The van der Waals surface area contributed by atoms with Crippen molar-refractivity contribution in [1.29, 1.82) is 5.41 Å². The molecular formula is C27H31N5O2. The van der Waals surface area contributed by atoms with Gasteiger partial charge in [0.2, 0.25) is 5.90 Å². The normalized spacial score (nSPS) is 14.0. The van der Waals surface area contributed by atoms with Crippen LogP contribution in [0.4, 0.5) is 10.6 Å². The van der Waals surface area contributed by atoms with Crippen LogP contribution in [0.2, 0.25) is 0 Å². The van der Waals surface area contributed by atoms with Gasteiger partial charge in [0.15, 0.2) is 0 Å². The molecule has 7 heteroatoms. The highest BCUT2D eigenvalue weighted by Gasteiger charge is 2.15. The molecular weight excluding hydrogens is 426 g/mol. The molecule has 0 aliphatic heterocycles. The second-order valence-corrected chi connectivity index (χ2v) is 7.99. The molecule has 1 heterocycles. The van der Waals surface area contributed by atoms with Gasteiger partial charge in [-0.05, 0) is 54.9 Å². The molecule has 1 aliphatic carbocycles. The molecule has 1 unspecified atom stereocenters. The van der Waals surface area contributed by atoms with Crippen LogP contribution in [0.15, 0.2) is 67.5 Å². The van der Waals surface area contributed by atoms with Crippen molar-refractivity contribution in [2.75, 3.05) is 19.4 Å². The molecule has 1 amide bonds. The zero-order chi connectivity index (χ0) is 24.5. The summed E-state index contributed by atoms with van der Waals surface area (Å²) in [4.78, 5) is 19.8. The number of rotatable bonds is 4. The second kappa shape index (κ2) is 11.7. The van der Waals surface area contributed by atoms with E-state index in [9.17, 15) is 4.79 Å². The van der Waals surface area contributed by atoms with Gasteiger partial charge in [-0.2, -0.15) is 0 Å². The molecule has 2 aromatic carbocycles. The maximum atomic E-state index is 11.2. The standard InChI is InChI=1S/C15H17N5O2.C12H14/c1-9-10(12-7-20-13(17-2)8-19-12)5-4-6-11(9)14(16)22-15(21)18-3;1-2-10-7-8-11-5-3-4-6-12(11)9-10/h4-8,16H,1-3H3,(H,17,20)(H,18,21);2-6,10H,1,7-9H2. The summed E-state index contributed by atoms with van der Waals surface area (Å²) >= 11 is 0. The van der Waals surface area contributed by atoms with E-state index in [0.717, 1.165) is 11.1 Å². The summed E-state index contributed by atoms with van der Waals surface area (Å²) in [6, 6.07) is 14.1. The Morgan fingerprint density at radius 3 is 2.53 bits per heavy atom. The molecule has 0 saturated heterocycles. The van der Waals surface area contributed by atoms with Crippen molar-refractivity contribution >= 4 is 17.8 Å². The number of hydrogen-bond donors (Lipinski definition) is 3. The van der Waals surface area contributed by atoms with E-state index in [-0.39, 0.29) is 5.90 Å². The lowest BCUT2D eigenvalue weighted by Gasteiger charge is -2.21. The highest BCUT2D eigenvalue weighted by atomic mass is 16.6. The summed E-state index contributed by atoms with van der Waals surface area (Å²) in [5, 5.41) is 13.1. The van der Waals surface area contributed by atoms with Crippen LogP contribution in [0.3, 0.4) is 0 Å². The highest BCUT2D eigenvalue weighted by molar-refractivity contribution is 6.00. The molecule has 176 valence electrons. The van der Waals surface area contributed by atoms with Crippen molar-refractivity contribution in [3.63, 3.8) is 0 Å². The van der Waals surface area contributed by atoms with E-state index in [0.29, 0.717) is 23.0 Å². The molecule has 1 aliphatic rings. The van der Waals surface area contributed by atoms with Gasteiger partial charge in [-0.25, -0.2) is 9.78 Å². The van der Waals surface area contributed by atoms with E-state index < -0.39 is 6.09 Å². The average Bonchev–Trinajstić information content (AvgIpc) is 2.88. The van der Waals surface area contributed by atoms with Gasteiger partial charge in [-0.1, -0.05) is 42.5 Å². The lowest BCUT2D eigenvalue weighted by atomic mass is 9.84. The Labute approximate surface area is 200 Å². The van der Waals surface area contributed by atoms with Gasteiger partial charge in [-0.3, -0.25) is 10.4 Å². The predicted octanol–water partition coefficient (Wildman–Crippen LogP) is 5.15. The van der Waals surface area contributed by atoms with Gasteiger partial charge in [0.25, 0.3) is 0 Å². The number of fused-ring (bicyclic) bond motifs is 1. The topological polar surface area (TPSA) is 100.0 Å². The first-order valence-electron chi connectivity index (χ1n) is 11.2. The first-order chi connectivity index (χ1) is 16.5. The fraction of sp³-hybridized carbons (Fsp3) is 0.259. The monoisotopic (exact) mass is 457 g/mol. The maximum Gasteiger partial charge on any atom is 0.413 e. The summed E-state index contributed by atoms with van der Waals surface area (Å²) < 4.78 is 4.88. The van der Waals surface area contributed by atoms with Gasteiger partial charge in [-0.15, -0.1) is 6.58 Å². The average molecular weight is 458 g/mol. The minimum absolute atomic E-state index is 0.210. The van der Waals surface area contributed by atoms with Crippen LogP contribution in [0.5, 0.6) is 0 Å². The lowest BCUT2D eigenvalue weighted by molar-refractivity contribution is 0.199. The van der Waals surface area contributed by atoms with Crippen LogP contribution >= 0.6 is 0 Å². The van der Waals surface area contributed by atoms with Gasteiger partial charge < -0.3 is 15.4 Å². The Hall–Kier alpha value is -4.00. The molecule has 3 aromatic rings. The summed E-state index contributed by atoms with van der Waals surface area (Å²) in [5.74, 6) is 1.17. The van der Waals surface area contributed by atoms with Crippen LogP contribution in [0.25, 0.3) is 11.3 Å². The Morgan fingerprint density at radius 1 is 1.12 bits per heavy atom. The van der Waals surface area contributed by atoms with Crippen LogP contribution in [-0.4, -0.2) is 36.1 Å². The first-order valence-corrected chi connectivity index (χ1v) is 11.2. The number of anilines is 1. The van der Waals surface area contributed by atoms with E-state index in [1.54, 1.807) is 31.6 Å². The summed E-state index contributed by atoms with van der Waals surface area (Å²) in [6.45, 7) is 5.70. The van der Waals surface area contributed by atoms with Crippen LogP contribution < -0.4 is 10.6 Å². The zero-order valence-electron chi connectivity index (χ0n) is 19.9. The minimum Gasteiger partial charge on any atom is -0.391 e. The van der Waals surface area contributed by atoms with Crippen molar-refractivity contribution in [2.24, 2.45) is 5.92 Å². The molecule has 7 nitrogen and oxygen atoms in total. The molecule has 3 N–H and O–H groups in total. The van der Waals surface area contributed by atoms with Crippen molar-refractivity contribution in [1.82, 2.24) is 15.3 Å². The Kier molecular flexibility index (Phi) is 8.51. The number of aromatic nitrogens is 2. The molecule has 0 fully saturated rings. The molecule has 1 atom stereocenters. The Balaban J connectivity index is 0.000000226. The number of nitrogens with zero attached hydrogens (tertiary/aromatic N) is 2. The molecule has 1 aromatic heterocycles. The minimum atomic E-state index is -0.673. The lowest BCUT2D eigenvalue weighted by Crippen LogP contribution is -2.23. The summed E-state index contributed by atoms with van der Waals surface area (Å²) in [5.41, 5.74) is 5.90. The molecule has 0 radical (unpaired) electrons. The number of alkyl carbamates (subject to hydrolysis) is 1. The number of ether oxygens (including phenoxy) is 1. The number of carbonyl (C=O) groups is 1. The number of carbonyl (C=O) groups excluding carboxylic acids is 1. The molecule has 0 bridgehead atoms. The largest absolute Gasteiger partial charge is 0.413 e. The summed E-state index contributed by atoms with van der Waals surface area (Å²) in [6.07, 6.45) is 8.41. The van der Waals surface area contributed by atoms with E-state index in [1.807, 2.05) is 13.0 Å². The number of nitrogens with one attached hydrogen (secondary N) is 3. The summed E-state index contributed by atoms with van der Waals surface area (Å²) in [7, 11) is 3.21. The highest BCUT2D eigenvalue weighted by Crippen LogP contribution is 2.26. The van der Waals surface area contributed by atoms with Crippen molar-refractivity contribution in [2.45, 2.75) is 26.2 Å². The number of hydrogen-bond acceptors (Lipinski definition) is 6. The van der Waals surface area contributed by atoms with E-state index in [1.165, 1.54) is 37.4 Å². The van der Waals surface area contributed by atoms with Crippen molar-refractivity contribution < 1.29 is 9.53 Å². The SMILES string of the molecule is C=CC1CCc2ccccc2C1.CNC(=O)OC(=N)c1cccc(-c2cnc(NC)cn2)c1C. The predicted molar refractivity (Wildman–Crippen MR) is 136 cm³/mol. The number of benzene rings is 2. The van der Waals surface area contributed by atoms with Crippen LogP contribution in [-0.2, 0) is 17.6 Å². The van der Waals surface area contributed by atoms with Gasteiger partial charge in [0.05, 0.1) is 18.1 Å². The van der Waals surface area contributed by atoms with E-state index in [4.69, 9.17) is 10.1 Å².